The topological polar surface area (TPSA) is 43.8 Å². The zero-order valence-corrected chi connectivity index (χ0v) is 9.08. The van der Waals surface area contributed by atoms with Gasteiger partial charge in [-0.2, -0.15) is 5.10 Å². The molecule has 1 saturated carbocycles. The maximum atomic E-state index is 6.07. The summed E-state index contributed by atoms with van der Waals surface area (Å²) in [4.78, 5) is 0. The number of hydrogen-bond donors (Lipinski definition) is 1. The van der Waals surface area contributed by atoms with Crippen LogP contribution in [0, 0.1) is 0 Å². The minimum atomic E-state index is 0.168. The van der Waals surface area contributed by atoms with Crippen LogP contribution in [0.2, 0.25) is 0 Å². The van der Waals surface area contributed by atoms with Crippen molar-refractivity contribution in [2.45, 2.75) is 44.6 Å². The molecule has 1 aliphatic rings. The van der Waals surface area contributed by atoms with Crippen molar-refractivity contribution in [1.82, 2.24) is 9.78 Å². The van der Waals surface area contributed by atoms with E-state index in [1.165, 1.54) is 24.1 Å². The highest BCUT2D eigenvalue weighted by molar-refractivity contribution is 5.19. The maximum Gasteiger partial charge on any atom is 0.0524 e. The number of aromatic nitrogens is 2. The zero-order valence-electron chi connectivity index (χ0n) is 9.08. The van der Waals surface area contributed by atoms with Gasteiger partial charge in [0.1, 0.15) is 0 Å². The fourth-order valence-corrected chi connectivity index (χ4v) is 1.97. The fourth-order valence-electron chi connectivity index (χ4n) is 1.97. The summed E-state index contributed by atoms with van der Waals surface area (Å²) < 4.78 is 1.98. The molecule has 14 heavy (non-hydrogen) atoms. The second kappa shape index (κ2) is 3.39. The van der Waals surface area contributed by atoms with Gasteiger partial charge in [-0.15, -0.1) is 0 Å². The third-order valence-corrected chi connectivity index (χ3v) is 3.27. The van der Waals surface area contributed by atoms with Crippen LogP contribution in [-0.2, 0) is 19.9 Å². The van der Waals surface area contributed by atoms with Crippen molar-refractivity contribution in [3.8, 4) is 0 Å². The standard InChI is InChI=1S/C11H19N3/c1-3-10-9(8-13-14(10)2)4-5-11(12)6-7-11/h8H,3-7,12H2,1-2H3. The lowest BCUT2D eigenvalue weighted by Gasteiger charge is -2.08. The fraction of sp³-hybridized carbons (Fsp3) is 0.727. The Morgan fingerprint density at radius 1 is 1.57 bits per heavy atom. The molecule has 78 valence electrons. The first-order chi connectivity index (χ1) is 6.64. The molecule has 1 aromatic rings. The molecule has 2 N–H and O–H groups in total. The number of hydrogen-bond acceptors (Lipinski definition) is 2. The van der Waals surface area contributed by atoms with Crippen LogP contribution in [0.1, 0.15) is 37.4 Å². The van der Waals surface area contributed by atoms with Gasteiger partial charge in [0.15, 0.2) is 0 Å². The Bertz CT molecular complexity index is 323. The summed E-state index contributed by atoms with van der Waals surface area (Å²) in [7, 11) is 2.01. The van der Waals surface area contributed by atoms with E-state index < -0.39 is 0 Å². The Morgan fingerprint density at radius 3 is 2.86 bits per heavy atom. The molecule has 0 aliphatic heterocycles. The van der Waals surface area contributed by atoms with Gasteiger partial charge in [0.25, 0.3) is 0 Å². The van der Waals surface area contributed by atoms with E-state index in [1.807, 2.05) is 17.9 Å². The van der Waals surface area contributed by atoms with E-state index in [1.54, 1.807) is 0 Å². The van der Waals surface area contributed by atoms with Crippen LogP contribution in [0.3, 0.4) is 0 Å². The molecule has 1 heterocycles. The predicted octanol–water partition coefficient (Wildman–Crippen LogP) is 1.41. The van der Waals surface area contributed by atoms with Gasteiger partial charge in [-0.25, -0.2) is 0 Å². The molecule has 0 aromatic carbocycles. The van der Waals surface area contributed by atoms with Crippen molar-refractivity contribution in [3.05, 3.63) is 17.5 Å². The quantitative estimate of drug-likeness (QED) is 0.785. The van der Waals surface area contributed by atoms with Crippen molar-refractivity contribution in [1.29, 1.82) is 0 Å². The van der Waals surface area contributed by atoms with Crippen LogP contribution >= 0.6 is 0 Å². The summed E-state index contributed by atoms with van der Waals surface area (Å²) in [6.45, 7) is 2.18. The van der Waals surface area contributed by atoms with E-state index in [9.17, 15) is 0 Å². The van der Waals surface area contributed by atoms with Crippen molar-refractivity contribution in [3.63, 3.8) is 0 Å². The van der Waals surface area contributed by atoms with E-state index in [-0.39, 0.29) is 5.54 Å². The highest BCUT2D eigenvalue weighted by atomic mass is 15.3. The van der Waals surface area contributed by atoms with Gasteiger partial charge in [-0.3, -0.25) is 4.68 Å². The number of nitrogens with two attached hydrogens (primary N) is 1. The zero-order chi connectivity index (χ0) is 10.2. The van der Waals surface area contributed by atoms with Crippen LogP contribution in [0.25, 0.3) is 0 Å². The number of nitrogens with zero attached hydrogens (tertiary/aromatic N) is 2. The summed E-state index contributed by atoms with van der Waals surface area (Å²) in [5, 5.41) is 4.28. The smallest absolute Gasteiger partial charge is 0.0524 e. The summed E-state index contributed by atoms with van der Waals surface area (Å²) in [6.07, 6.45) is 7.66. The van der Waals surface area contributed by atoms with E-state index >= 15 is 0 Å². The largest absolute Gasteiger partial charge is 0.325 e. The molecule has 0 spiro atoms. The second-order valence-corrected chi connectivity index (χ2v) is 4.46. The molecule has 0 atom stereocenters. The average Bonchev–Trinajstić information content (AvgIpc) is 2.78. The molecule has 1 aromatic heterocycles. The monoisotopic (exact) mass is 193 g/mol. The van der Waals surface area contributed by atoms with Gasteiger partial charge in [0.05, 0.1) is 6.20 Å². The predicted molar refractivity (Wildman–Crippen MR) is 57.1 cm³/mol. The van der Waals surface area contributed by atoms with Crippen LogP contribution < -0.4 is 5.73 Å². The van der Waals surface area contributed by atoms with Crippen LogP contribution in [-0.4, -0.2) is 15.3 Å². The van der Waals surface area contributed by atoms with E-state index in [4.69, 9.17) is 5.73 Å². The van der Waals surface area contributed by atoms with Crippen molar-refractivity contribution in [2.24, 2.45) is 12.8 Å². The van der Waals surface area contributed by atoms with Gasteiger partial charge in [0, 0.05) is 18.3 Å². The third-order valence-electron chi connectivity index (χ3n) is 3.27. The van der Waals surface area contributed by atoms with Crippen LogP contribution in [0.15, 0.2) is 6.20 Å². The minimum absolute atomic E-state index is 0.168. The van der Waals surface area contributed by atoms with E-state index in [0.717, 1.165) is 19.3 Å². The van der Waals surface area contributed by atoms with Crippen molar-refractivity contribution < 1.29 is 0 Å². The first-order valence-electron chi connectivity index (χ1n) is 5.43. The van der Waals surface area contributed by atoms with Gasteiger partial charge in [0.2, 0.25) is 0 Å². The Morgan fingerprint density at radius 2 is 2.29 bits per heavy atom. The first kappa shape index (κ1) is 9.71. The molecule has 2 rings (SSSR count). The highest BCUT2D eigenvalue weighted by Crippen LogP contribution is 2.36. The molecular formula is C11H19N3. The van der Waals surface area contributed by atoms with Crippen LogP contribution in [0.4, 0.5) is 0 Å². The van der Waals surface area contributed by atoms with Gasteiger partial charge >= 0.3 is 0 Å². The minimum Gasteiger partial charge on any atom is -0.325 e. The van der Waals surface area contributed by atoms with Gasteiger partial charge in [-0.1, -0.05) is 6.92 Å². The van der Waals surface area contributed by atoms with E-state index in [2.05, 4.69) is 12.0 Å². The van der Waals surface area contributed by atoms with Crippen LogP contribution in [0.5, 0.6) is 0 Å². The molecule has 0 unspecified atom stereocenters. The summed E-state index contributed by atoms with van der Waals surface area (Å²) in [5.74, 6) is 0. The molecule has 1 fully saturated rings. The lowest BCUT2D eigenvalue weighted by molar-refractivity contribution is 0.605. The SMILES string of the molecule is CCc1c(CCC2(N)CC2)cnn1C. The van der Waals surface area contributed by atoms with Crippen molar-refractivity contribution in [2.75, 3.05) is 0 Å². The lowest BCUT2D eigenvalue weighted by atomic mass is 10.0. The molecule has 0 saturated heterocycles. The second-order valence-electron chi connectivity index (χ2n) is 4.46. The normalized spacial score (nSPS) is 18.5. The molecule has 0 radical (unpaired) electrons. The Hall–Kier alpha value is -0.830. The number of aryl methyl sites for hydroxylation is 2. The highest BCUT2D eigenvalue weighted by Gasteiger charge is 2.37. The summed E-state index contributed by atoms with van der Waals surface area (Å²) in [5.41, 5.74) is 8.97. The molecule has 3 heteroatoms. The van der Waals surface area contributed by atoms with Crippen molar-refractivity contribution >= 4 is 0 Å². The molecule has 3 nitrogen and oxygen atoms in total. The Labute approximate surface area is 85.3 Å². The molecule has 0 amide bonds. The molecule has 1 aliphatic carbocycles. The average molecular weight is 193 g/mol. The van der Waals surface area contributed by atoms with Gasteiger partial charge < -0.3 is 5.73 Å². The summed E-state index contributed by atoms with van der Waals surface area (Å²) in [6, 6.07) is 0. The summed E-state index contributed by atoms with van der Waals surface area (Å²) >= 11 is 0. The van der Waals surface area contributed by atoms with Gasteiger partial charge in [-0.05, 0) is 37.7 Å². The maximum absolute atomic E-state index is 6.07. The Balaban J connectivity index is 2.01. The first-order valence-corrected chi connectivity index (χ1v) is 5.43. The molecule has 0 bridgehead atoms. The third kappa shape index (κ3) is 1.82. The van der Waals surface area contributed by atoms with E-state index in [0.29, 0.717) is 0 Å². The lowest BCUT2D eigenvalue weighted by Crippen LogP contribution is -2.22. The Kier molecular flexibility index (Phi) is 2.35. The number of rotatable bonds is 4. The molecular weight excluding hydrogens is 174 g/mol.